The van der Waals surface area contributed by atoms with Gasteiger partial charge in [-0.25, -0.2) is 4.79 Å². The van der Waals surface area contributed by atoms with Crippen LogP contribution in [0, 0.1) is 0 Å². The van der Waals surface area contributed by atoms with Crippen LogP contribution in [0.2, 0.25) is 0 Å². The molecule has 4 nitrogen and oxygen atoms in total. The molecule has 1 aromatic carbocycles. The fourth-order valence-electron chi connectivity index (χ4n) is 2.66. The zero-order chi connectivity index (χ0) is 18.0. The second kappa shape index (κ2) is 6.84. The number of unbranched alkanes of at least 4 members (excludes halogenated alkanes) is 1. The lowest BCUT2D eigenvalue weighted by atomic mass is 9.92. The molecule has 1 atom stereocenters. The van der Waals surface area contributed by atoms with Gasteiger partial charge in [0.1, 0.15) is 0 Å². The third kappa shape index (κ3) is 3.00. The second-order valence-electron chi connectivity index (χ2n) is 5.54. The highest BCUT2D eigenvalue weighted by molar-refractivity contribution is 5.92. The predicted molar refractivity (Wildman–Crippen MR) is 83.4 cm³/mol. The van der Waals surface area contributed by atoms with Crippen molar-refractivity contribution in [1.82, 2.24) is 4.57 Å². The minimum atomic E-state index is -5.20. The maximum Gasteiger partial charge on any atom is 0.432 e. The Morgan fingerprint density at radius 1 is 1.25 bits per heavy atom. The van der Waals surface area contributed by atoms with E-state index in [9.17, 15) is 23.1 Å². The van der Waals surface area contributed by atoms with Crippen molar-refractivity contribution in [3.8, 4) is 0 Å². The summed E-state index contributed by atoms with van der Waals surface area (Å²) in [5, 5.41) is 10.5. The highest BCUT2D eigenvalue weighted by Crippen LogP contribution is 2.43. The third-order valence-corrected chi connectivity index (χ3v) is 3.91. The summed E-state index contributed by atoms with van der Waals surface area (Å²) in [6, 6.07) is 6.39. The molecule has 0 amide bonds. The molecule has 0 aliphatic carbocycles. The molecule has 24 heavy (non-hydrogen) atoms. The van der Waals surface area contributed by atoms with E-state index in [2.05, 4.69) is 4.74 Å². The highest BCUT2D eigenvalue weighted by Gasteiger charge is 2.63. The van der Waals surface area contributed by atoms with Gasteiger partial charge in [0, 0.05) is 29.2 Å². The van der Waals surface area contributed by atoms with E-state index in [1.54, 1.807) is 22.8 Å². The Balaban J connectivity index is 2.69. The normalized spacial score (nSPS) is 14.6. The van der Waals surface area contributed by atoms with E-state index in [0.29, 0.717) is 12.1 Å². The van der Waals surface area contributed by atoms with Gasteiger partial charge in [0.15, 0.2) is 0 Å². The van der Waals surface area contributed by atoms with Gasteiger partial charge in [0.05, 0.1) is 6.61 Å². The van der Waals surface area contributed by atoms with E-state index < -0.39 is 23.3 Å². The molecule has 7 heteroatoms. The number of para-hydroxylation sites is 1. The van der Waals surface area contributed by atoms with Gasteiger partial charge in [0.25, 0.3) is 5.60 Å². The van der Waals surface area contributed by atoms with E-state index in [-0.39, 0.29) is 12.0 Å². The monoisotopic (exact) mass is 343 g/mol. The van der Waals surface area contributed by atoms with Crippen molar-refractivity contribution in [2.45, 2.75) is 45.0 Å². The van der Waals surface area contributed by atoms with Gasteiger partial charge in [-0.2, -0.15) is 13.2 Å². The van der Waals surface area contributed by atoms with E-state index in [1.165, 1.54) is 19.2 Å². The van der Waals surface area contributed by atoms with Crippen molar-refractivity contribution < 1.29 is 27.8 Å². The number of hydrogen-bond acceptors (Lipinski definition) is 3. The molecule has 0 unspecified atom stereocenters. The Morgan fingerprint density at radius 3 is 2.50 bits per heavy atom. The molecule has 0 saturated carbocycles. The quantitative estimate of drug-likeness (QED) is 0.813. The van der Waals surface area contributed by atoms with Crippen LogP contribution in [-0.4, -0.2) is 28.4 Å². The molecule has 0 bridgehead atoms. The zero-order valence-electron chi connectivity index (χ0n) is 13.6. The first-order valence-corrected chi connectivity index (χ1v) is 7.82. The SMILES string of the molecule is CCCCn1cc([C@@](O)(C(=O)OCC)C(F)(F)F)c2ccccc21. The molecule has 1 heterocycles. The van der Waals surface area contributed by atoms with Crippen LogP contribution >= 0.6 is 0 Å². The van der Waals surface area contributed by atoms with Gasteiger partial charge >= 0.3 is 12.1 Å². The van der Waals surface area contributed by atoms with Crippen LogP contribution in [0.1, 0.15) is 32.3 Å². The maximum atomic E-state index is 13.6. The summed E-state index contributed by atoms with van der Waals surface area (Å²) in [4.78, 5) is 12.0. The Morgan fingerprint density at radius 2 is 1.92 bits per heavy atom. The number of aromatic nitrogens is 1. The van der Waals surface area contributed by atoms with Crippen LogP contribution in [0.4, 0.5) is 13.2 Å². The summed E-state index contributed by atoms with van der Waals surface area (Å²) in [7, 11) is 0. The molecule has 2 rings (SSSR count). The van der Waals surface area contributed by atoms with Crippen LogP contribution < -0.4 is 0 Å². The maximum absolute atomic E-state index is 13.6. The number of ether oxygens (including phenoxy) is 1. The smallest absolute Gasteiger partial charge is 0.432 e. The number of esters is 1. The Bertz CT molecular complexity index is 723. The molecule has 2 aromatic rings. The Hall–Kier alpha value is -2.02. The van der Waals surface area contributed by atoms with E-state index in [4.69, 9.17) is 0 Å². The van der Waals surface area contributed by atoms with Crippen LogP contribution in [0.15, 0.2) is 30.5 Å². The van der Waals surface area contributed by atoms with Gasteiger partial charge in [-0.3, -0.25) is 0 Å². The molecule has 0 radical (unpaired) electrons. The van der Waals surface area contributed by atoms with Crippen LogP contribution in [0.5, 0.6) is 0 Å². The molecule has 132 valence electrons. The van der Waals surface area contributed by atoms with Gasteiger partial charge in [-0.1, -0.05) is 31.5 Å². The number of benzene rings is 1. The van der Waals surface area contributed by atoms with Crippen molar-refractivity contribution >= 4 is 16.9 Å². The van der Waals surface area contributed by atoms with Gasteiger partial charge in [-0.15, -0.1) is 0 Å². The number of carbonyl (C=O) groups excluding carboxylic acids is 1. The van der Waals surface area contributed by atoms with E-state index in [0.717, 1.165) is 12.8 Å². The first kappa shape index (κ1) is 18.3. The molecular weight excluding hydrogens is 323 g/mol. The van der Waals surface area contributed by atoms with Crippen LogP contribution in [0.25, 0.3) is 10.9 Å². The average molecular weight is 343 g/mol. The van der Waals surface area contributed by atoms with Crippen molar-refractivity contribution in [3.63, 3.8) is 0 Å². The zero-order valence-corrected chi connectivity index (χ0v) is 13.6. The van der Waals surface area contributed by atoms with Crippen molar-refractivity contribution in [1.29, 1.82) is 0 Å². The molecule has 0 aliphatic heterocycles. The summed E-state index contributed by atoms with van der Waals surface area (Å²) in [5.74, 6) is -1.71. The summed E-state index contributed by atoms with van der Waals surface area (Å²) in [5.41, 5.74) is -3.66. The fraction of sp³-hybridized carbons (Fsp3) is 0.471. The first-order valence-electron chi connectivity index (χ1n) is 7.82. The molecule has 0 fully saturated rings. The van der Waals surface area contributed by atoms with E-state index in [1.807, 2.05) is 6.92 Å². The lowest BCUT2D eigenvalue weighted by Gasteiger charge is -2.27. The Kier molecular flexibility index (Phi) is 5.22. The number of carbonyl (C=O) groups is 1. The summed E-state index contributed by atoms with van der Waals surface area (Å²) in [6.07, 6.45) is -2.37. The number of nitrogens with zero attached hydrogens (tertiary/aromatic N) is 1. The number of aliphatic hydroxyl groups is 1. The number of halogens is 3. The number of aryl methyl sites for hydroxylation is 1. The summed E-state index contributed by atoms with van der Waals surface area (Å²) < 4.78 is 46.9. The third-order valence-electron chi connectivity index (χ3n) is 3.91. The molecular formula is C17H20F3NO3. The largest absolute Gasteiger partial charge is 0.463 e. The molecule has 0 aliphatic rings. The van der Waals surface area contributed by atoms with Crippen molar-refractivity contribution in [3.05, 3.63) is 36.0 Å². The predicted octanol–water partition coefficient (Wildman–Crippen LogP) is 3.75. The summed E-state index contributed by atoms with van der Waals surface area (Å²) in [6.45, 7) is 3.59. The molecule has 1 aromatic heterocycles. The number of rotatable bonds is 6. The number of alkyl halides is 3. The van der Waals surface area contributed by atoms with Crippen LogP contribution in [-0.2, 0) is 21.7 Å². The van der Waals surface area contributed by atoms with Gasteiger partial charge in [-0.05, 0) is 19.4 Å². The number of fused-ring (bicyclic) bond motifs is 1. The van der Waals surface area contributed by atoms with Crippen molar-refractivity contribution in [2.24, 2.45) is 0 Å². The highest BCUT2D eigenvalue weighted by atomic mass is 19.4. The fourth-order valence-corrected chi connectivity index (χ4v) is 2.66. The first-order chi connectivity index (χ1) is 11.3. The molecule has 1 N–H and O–H groups in total. The lowest BCUT2D eigenvalue weighted by molar-refractivity contribution is -0.267. The van der Waals surface area contributed by atoms with Crippen molar-refractivity contribution in [2.75, 3.05) is 6.61 Å². The van der Waals surface area contributed by atoms with Crippen LogP contribution in [0.3, 0.4) is 0 Å². The molecule has 0 spiro atoms. The number of hydrogen-bond donors (Lipinski definition) is 1. The topological polar surface area (TPSA) is 51.5 Å². The van der Waals surface area contributed by atoms with Gasteiger partial charge < -0.3 is 14.4 Å². The molecule has 0 saturated heterocycles. The second-order valence-corrected chi connectivity index (χ2v) is 5.54. The average Bonchev–Trinajstić information content (AvgIpc) is 2.90. The minimum absolute atomic E-state index is 0.182. The summed E-state index contributed by atoms with van der Waals surface area (Å²) >= 11 is 0. The lowest BCUT2D eigenvalue weighted by Crippen LogP contribution is -2.50. The Labute approximate surface area is 137 Å². The minimum Gasteiger partial charge on any atom is -0.463 e. The van der Waals surface area contributed by atoms with E-state index >= 15 is 0 Å². The van der Waals surface area contributed by atoms with Gasteiger partial charge in [0.2, 0.25) is 0 Å². The standard InChI is InChI=1S/C17H20F3NO3/c1-3-5-10-21-11-13(12-8-6-7-9-14(12)21)16(23,17(18,19)20)15(22)24-4-2/h6-9,11,23H,3-5,10H2,1-2H3/t16-/m1/s1.